The molecule has 0 spiro atoms. The first-order valence-electron chi connectivity index (χ1n) is 6.74. The van der Waals surface area contributed by atoms with Crippen LogP contribution in [0.5, 0.6) is 0 Å². The Morgan fingerprint density at radius 2 is 1.95 bits per heavy atom. The Morgan fingerprint density at radius 3 is 2.43 bits per heavy atom. The van der Waals surface area contributed by atoms with E-state index in [0.29, 0.717) is 11.4 Å². The van der Waals surface area contributed by atoms with Crippen LogP contribution in [-0.2, 0) is 9.31 Å². The lowest BCUT2D eigenvalue weighted by Gasteiger charge is -2.32. The molecule has 0 bridgehead atoms. The molecule has 2 heterocycles. The van der Waals surface area contributed by atoms with Crippen molar-refractivity contribution >= 4 is 31.5 Å². The Balaban J connectivity index is 2.31. The first kappa shape index (κ1) is 16.3. The zero-order valence-electron chi connectivity index (χ0n) is 12.7. The van der Waals surface area contributed by atoms with E-state index in [1.165, 1.54) is 6.07 Å². The molecular weight excluding hydrogens is 290 g/mol. The van der Waals surface area contributed by atoms with Crippen molar-refractivity contribution in [2.75, 3.05) is 11.5 Å². The van der Waals surface area contributed by atoms with Gasteiger partial charge in [0.2, 0.25) is 0 Å². The maximum atomic E-state index is 13.0. The lowest BCUT2D eigenvalue weighted by atomic mass is 9.78. The van der Waals surface area contributed by atoms with Gasteiger partial charge in [-0.05, 0) is 39.2 Å². The quantitative estimate of drug-likeness (QED) is 0.666. The minimum atomic E-state index is -0.515. The lowest BCUT2D eigenvalue weighted by Crippen LogP contribution is -2.41. The van der Waals surface area contributed by atoms with Crippen LogP contribution >= 0.6 is 12.6 Å². The van der Waals surface area contributed by atoms with Gasteiger partial charge in [0.15, 0.2) is 0 Å². The minimum Gasteiger partial charge on any atom is -0.400 e. The van der Waals surface area contributed by atoms with Crippen molar-refractivity contribution in [3.63, 3.8) is 0 Å². The summed E-state index contributed by atoms with van der Waals surface area (Å²) in [6, 6.07) is 1.24. The Labute approximate surface area is 130 Å². The van der Waals surface area contributed by atoms with Crippen LogP contribution in [-0.4, -0.2) is 29.1 Å². The predicted molar refractivity (Wildman–Crippen MR) is 86.5 cm³/mol. The second-order valence-electron chi connectivity index (χ2n) is 6.09. The molecule has 1 aliphatic heterocycles. The Hall–Kier alpha value is -1.05. The molecule has 0 saturated carbocycles. The summed E-state index contributed by atoms with van der Waals surface area (Å²) >= 11 is 4.32. The van der Waals surface area contributed by atoms with Crippen molar-refractivity contribution in [3.05, 3.63) is 29.2 Å². The summed E-state index contributed by atoms with van der Waals surface area (Å²) in [6.45, 7) is 7.92. The normalized spacial score (nSPS) is 20.9. The van der Waals surface area contributed by atoms with E-state index in [9.17, 15) is 4.39 Å². The maximum absolute atomic E-state index is 13.0. The summed E-state index contributed by atoms with van der Waals surface area (Å²) in [7, 11) is -0.515. The first-order valence-corrected chi connectivity index (χ1v) is 7.37. The standard InChI is InChI=1S/C14H20BFN2O2S/c1-13(2)14(3,4)20-15(19-13)9(8-21)5-12-11(17)6-10(16)7-18-12/h5-7,21H,8,17H2,1-4H3. The average molecular weight is 310 g/mol. The Morgan fingerprint density at radius 1 is 1.38 bits per heavy atom. The van der Waals surface area contributed by atoms with Crippen molar-refractivity contribution in [1.29, 1.82) is 0 Å². The topological polar surface area (TPSA) is 57.4 Å². The van der Waals surface area contributed by atoms with E-state index >= 15 is 0 Å². The number of thiol groups is 1. The second kappa shape index (κ2) is 5.63. The minimum absolute atomic E-state index is 0.269. The van der Waals surface area contributed by atoms with Gasteiger partial charge >= 0.3 is 7.12 Å². The number of hydrogen-bond donors (Lipinski definition) is 2. The molecule has 1 aromatic heterocycles. The molecule has 0 radical (unpaired) electrons. The molecule has 2 N–H and O–H groups in total. The monoisotopic (exact) mass is 310 g/mol. The van der Waals surface area contributed by atoms with Gasteiger partial charge in [0.05, 0.1) is 28.8 Å². The van der Waals surface area contributed by atoms with Crippen LogP contribution in [0.4, 0.5) is 10.1 Å². The smallest absolute Gasteiger partial charge is 0.400 e. The van der Waals surface area contributed by atoms with E-state index in [1.807, 2.05) is 27.7 Å². The summed E-state index contributed by atoms with van der Waals surface area (Å²) in [4.78, 5) is 3.99. The van der Waals surface area contributed by atoms with Gasteiger partial charge in [-0.3, -0.25) is 4.98 Å². The fraction of sp³-hybridized carbons (Fsp3) is 0.500. The lowest BCUT2D eigenvalue weighted by molar-refractivity contribution is 0.00578. The van der Waals surface area contributed by atoms with E-state index < -0.39 is 24.1 Å². The van der Waals surface area contributed by atoms with Gasteiger partial charge in [-0.15, -0.1) is 0 Å². The largest absolute Gasteiger partial charge is 0.491 e. The molecule has 21 heavy (non-hydrogen) atoms. The van der Waals surface area contributed by atoms with Gasteiger partial charge in [0.25, 0.3) is 0 Å². The molecule has 1 aliphatic rings. The third-order valence-corrected chi connectivity index (χ3v) is 4.34. The summed E-state index contributed by atoms with van der Waals surface area (Å²) in [5.74, 6) is -0.0392. The number of anilines is 1. The number of nitrogen functional groups attached to an aromatic ring is 1. The van der Waals surface area contributed by atoms with Crippen molar-refractivity contribution in [2.24, 2.45) is 0 Å². The molecule has 0 atom stereocenters. The van der Waals surface area contributed by atoms with Gasteiger partial charge < -0.3 is 15.0 Å². The van der Waals surface area contributed by atoms with Crippen LogP contribution in [0.25, 0.3) is 6.08 Å². The summed E-state index contributed by atoms with van der Waals surface area (Å²) in [6.07, 6.45) is 2.87. The summed E-state index contributed by atoms with van der Waals surface area (Å²) < 4.78 is 25.0. The van der Waals surface area contributed by atoms with Crippen molar-refractivity contribution in [1.82, 2.24) is 4.98 Å². The number of halogens is 1. The van der Waals surface area contributed by atoms with Crippen molar-refractivity contribution < 1.29 is 13.7 Å². The molecule has 4 nitrogen and oxygen atoms in total. The zero-order valence-corrected chi connectivity index (χ0v) is 13.6. The number of nitrogens with zero attached hydrogens (tertiary/aromatic N) is 1. The molecule has 0 aromatic carbocycles. The zero-order chi connectivity index (χ0) is 15.8. The third-order valence-electron chi connectivity index (χ3n) is 3.98. The summed E-state index contributed by atoms with van der Waals surface area (Å²) in [5.41, 5.74) is 6.46. The first-order chi connectivity index (χ1) is 9.66. The number of rotatable bonds is 3. The molecule has 114 valence electrons. The molecule has 1 aromatic rings. The SMILES string of the molecule is CC1(C)OB(C(=Cc2ncc(F)cc2N)CS)OC1(C)C. The van der Waals surface area contributed by atoms with Crippen LogP contribution in [0.1, 0.15) is 33.4 Å². The number of hydrogen-bond acceptors (Lipinski definition) is 5. The molecule has 0 unspecified atom stereocenters. The van der Waals surface area contributed by atoms with E-state index in [-0.39, 0.29) is 5.69 Å². The average Bonchev–Trinajstić information content (AvgIpc) is 2.57. The van der Waals surface area contributed by atoms with Gasteiger partial charge in [-0.25, -0.2) is 4.39 Å². The Kier molecular flexibility index (Phi) is 4.37. The van der Waals surface area contributed by atoms with Crippen LogP contribution in [0.15, 0.2) is 17.7 Å². The van der Waals surface area contributed by atoms with Crippen LogP contribution in [0.3, 0.4) is 0 Å². The van der Waals surface area contributed by atoms with Gasteiger partial charge in [-0.2, -0.15) is 12.6 Å². The molecule has 0 amide bonds. The highest BCUT2D eigenvalue weighted by Crippen LogP contribution is 2.39. The van der Waals surface area contributed by atoms with Crippen LogP contribution < -0.4 is 5.73 Å². The molecular formula is C14H20BFN2O2S. The van der Waals surface area contributed by atoms with Gasteiger partial charge in [0, 0.05) is 11.8 Å². The van der Waals surface area contributed by atoms with Gasteiger partial charge in [-0.1, -0.05) is 0 Å². The highest BCUT2D eigenvalue weighted by atomic mass is 32.1. The molecule has 1 saturated heterocycles. The van der Waals surface area contributed by atoms with E-state index in [2.05, 4.69) is 17.6 Å². The van der Waals surface area contributed by atoms with E-state index in [4.69, 9.17) is 15.0 Å². The third kappa shape index (κ3) is 3.25. The molecule has 2 rings (SSSR count). The van der Waals surface area contributed by atoms with Crippen LogP contribution in [0, 0.1) is 5.82 Å². The second-order valence-corrected chi connectivity index (χ2v) is 6.41. The highest BCUT2D eigenvalue weighted by molar-refractivity contribution is 7.80. The molecule has 1 fully saturated rings. The van der Waals surface area contributed by atoms with E-state index in [1.54, 1.807) is 6.08 Å². The van der Waals surface area contributed by atoms with E-state index in [0.717, 1.165) is 11.7 Å². The van der Waals surface area contributed by atoms with Gasteiger partial charge in [0.1, 0.15) is 5.82 Å². The van der Waals surface area contributed by atoms with Crippen LogP contribution in [0.2, 0.25) is 0 Å². The fourth-order valence-electron chi connectivity index (χ4n) is 1.94. The number of pyridine rings is 1. The molecule has 7 heteroatoms. The molecule has 0 aliphatic carbocycles. The fourth-order valence-corrected chi connectivity index (χ4v) is 2.18. The maximum Gasteiger partial charge on any atom is 0.491 e. The summed E-state index contributed by atoms with van der Waals surface area (Å²) in [5, 5.41) is 0. The van der Waals surface area contributed by atoms with Crippen molar-refractivity contribution in [3.8, 4) is 0 Å². The predicted octanol–water partition coefficient (Wildman–Crippen LogP) is 2.75. The number of nitrogens with two attached hydrogens (primary N) is 1. The van der Waals surface area contributed by atoms with Crippen molar-refractivity contribution in [2.45, 2.75) is 38.9 Å². The number of aromatic nitrogens is 1. The highest BCUT2D eigenvalue weighted by Gasteiger charge is 2.52. The Bertz CT molecular complexity index is 562.